The maximum Gasteiger partial charge on any atom is 0.200 e. The van der Waals surface area contributed by atoms with E-state index in [1.54, 1.807) is 0 Å². The van der Waals surface area contributed by atoms with E-state index >= 15 is 0 Å². The van der Waals surface area contributed by atoms with E-state index < -0.39 is 0 Å². The molecule has 0 aliphatic carbocycles. The molecule has 1 aromatic heterocycles. The van der Waals surface area contributed by atoms with Crippen molar-refractivity contribution in [2.45, 2.75) is 38.0 Å². The van der Waals surface area contributed by atoms with Gasteiger partial charge in [-0.15, -0.1) is 0 Å². The van der Waals surface area contributed by atoms with E-state index in [2.05, 4.69) is 21.3 Å². The van der Waals surface area contributed by atoms with Crippen molar-refractivity contribution >= 4 is 17.7 Å². The van der Waals surface area contributed by atoms with Crippen molar-refractivity contribution in [1.82, 2.24) is 9.55 Å². The zero-order valence-electron chi connectivity index (χ0n) is 8.57. The monoisotopic (exact) mass is 211 g/mol. The molecule has 2 heterocycles. The van der Waals surface area contributed by atoms with Crippen molar-refractivity contribution in [3.8, 4) is 0 Å². The summed E-state index contributed by atoms with van der Waals surface area (Å²) < 4.78 is 2.08. The molecule has 1 aromatic rings. The molecule has 1 atom stereocenters. The Morgan fingerprint density at radius 2 is 2.50 bits per heavy atom. The van der Waals surface area contributed by atoms with E-state index in [0.717, 1.165) is 17.5 Å². The van der Waals surface area contributed by atoms with Crippen LogP contribution in [0.5, 0.6) is 0 Å². The van der Waals surface area contributed by atoms with Gasteiger partial charge in [0, 0.05) is 18.0 Å². The second-order valence-electron chi connectivity index (χ2n) is 3.88. The average Bonchev–Trinajstić information content (AvgIpc) is 2.47. The molecule has 0 bridgehead atoms. The first kappa shape index (κ1) is 9.90. The molecule has 1 fully saturated rings. The highest BCUT2D eigenvalue weighted by molar-refractivity contribution is 7.99. The molecular formula is C10H17N3S. The van der Waals surface area contributed by atoms with Gasteiger partial charge in [0.05, 0.1) is 5.69 Å². The lowest BCUT2D eigenvalue weighted by Gasteiger charge is -2.21. The minimum atomic E-state index is 0.661. The molecule has 1 aliphatic rings. The lowest BCUT2D eigenvalue weighted by molar-refractivity contribution is 0.587. The molecule has 3 nitrogen and oxygen atoms in total. The Labute approximate surface area is 89.1 Å². The first-order valence-electron chi connectivity index (χ1n) is 5.16. The highest BCUT2D eigenvalue weighted by Crippen LogP contribution is 2.26. The van der Waals surface area contributed by atoms with Crippen molar-refractivity contribution in [2.24, 2.45) is 0 Å². The molecule has 2 rings (SSSR count). The van der Waals surface area contributed by atoms with Gasteiger partial charge >= 0.3 is 0 Å². The fourth-order valence-electron chi connectivity index (χ4n) is 1.88. The van der Waals surface area contributed by atoms with Crippen LogP contribution in [0.3, 0.4) is 0 Å². The first-order valence-corrected chi connectivity index (χ1v) is 6.21. The van der Waals surface area contributed by atoms with Gasteiger partial charge in [0.25, 0.3) is 0 Å². The molecule has 14 heavy (non-hydrogen) atoms. The number of thioether (sulfide) groups is 1. The number of aryl methyl sites for hydroxylation is 1. The standard InChI is InChI=1S/C10H17N3S/c1-8-6-13(10(11)12-8)7-9-4-2-3-5-14-9/h6,9H,2-5,7H2,1H3,(H2,11,12). The van der Waals surface area contributed by atoms with Crippen LogP contribution in [0.25, 0.3) is 0 Å². The second kappa shape index (κ2) is 4.26. The summed E-state index contributed by atoms with van der Waals surface area (Å²) in [7, 11) is 0. The van der Waals surface area contributed by atoms with Gasteiger partial charge in [0.15, 0.2) is 5.95 Å². The number of nitrogen functional groups attached to an aromatic ring is 1. The fraction of sp³-hybridized carbons (Fsp3) is 0.700. The first-order chi connectivity index (χ1) is 6.75. The Balaban J connectivity index is 1.98. The molecule has 0 saturated carbocycles. The summed E-state index contributed by atoms with van der Waals surface area (Å²) in [6, 6.07) is 0. The van der Waals surface area contributed by atoms with Crippen LogP contribution in [0.15, 0.2) is 6.20 Å². The quantitative estimate of drug-likeness (QED) is 0.814. The Morgan fingerprint density at radius 3 is 3.07 bits per heavy atom. The summed E-state index contributed by atoms with van der Waals surface area (Å²) in [6.07, 6.45) is 6.11. The van der Waals surface area contributed by atoms with Crippen LogP contribution in [0.2, 0.25) is 0 Å². The number of rotatable bonds is 2. The third-order valence-corrected chi connectivity index (χ3v) is 3.98. The Kier molecular flexibility index (Phi) is 3.01. The van der Waals surface area contributed by atoms with Crippen molar-refractivity contribution in [1.29, 1.82) is 0 Å². The molecule has 0 spiro atoms. The van der Waals surface area contributed by atoms with Crippen molar-refractivity contribution in [3.05, 3.63) is 11.9 Å². The highest BCUT2D eigenvalue weighted by atomic mass is 32.2. The van der Waals surface area contributed by atoms with Crippen LogP contribution in [-0.4, -0.2) is 20.6 Å². The SMILES string of the molecule is Cc1cn(CC2CCCCS2)c(N)n1. The van der Waals surface area contributed by atoms with E-state index in [0.29, 0.717) is 5.95 Å². The van der Waals surface area contributed by atoms with E-state index in [1.807, 2.05) is 13.1 Å². The van der Waals surface area contributed by atoms with E-state index in [1.165, 1.54) is 25.0 Å². The zero-order valence-corrected chi connectivity index (χ0v) is 9.39. The molecule has 78 valence electrons. The van der Waals surface area contributed by atoms with Gasteiger partial charge in [-0.05, 0) is 25.5 Å². The molecule has 1 saturated heterocycles. The third kappa shape index (κ3) is 2.23. The minimum absolute atomic E-state index is 0.661. The van der Waals surface area contributed by atoms with Gasteiger partial charge < -0.3 is 10.3 Å². The summed E-state index contributed by atoms with van der Waals surface area (Å²) in [4.78, 5) is 4.21. The minimum Gasteiger partial charge on any atom is -0.369 e. The molecule has 0 amide bonds. The van der Waals surface area contributed by atoms with Crippen LogP contribution in [0, 0.1) is 6.92 Å². The van der Waals surface area contributed by atoms with Gasteiger partial charge in [-0.2, -0.15) is 11.8 Å². The van der Waals surface area contributed by atoms with Gasteiger partial charge in [0.1, 0.15) is 0 Å². The molecule has 1 unspecified atom stereocenters. The number of hydrogen-bond donors (Lipinski definition) is 1. The summed E-state index contributed by atoms with van der Waals surface area (Å²) in [5.41, 5.74) is 6.82. The number of anilines is 1. The van der Waals surface area contributed by atoms with Crippen molar-refractivity contribution < 1.29 is 0 Å². The molecule has 2 N–H and O–H groups in total. The Hall–Kier alpha value is -0.640. The van der Waals surface area contributed by atoms with E-state index in [4.69, 9.17) is 5.73 Å². The van der Waals surface area contributed by atoms with E-state index in [-0.39, 0.29) is 0 Å². The Bertz CT molecular complexity index is 302. The summed E-state index contributed by atoms with van der Waals surface area (Å²) in [5.74, 6) is 1.96. The lowest BCUT2D eigenvalue weighted by Crippen LogP contribution is -2.17. The lowest BCUT2D eigenvalue weighted by atomic mass is 10.2. The van der Waals surface area contributed by atoms with Crippen LogP contribution in [0.1, 0.15) is 25.0 Å². The normalized spacial score (nSPS) is 22.5. The largest absolute Gasteiger partial charge is 0.369 e. The Morgan fingerprint density at radius 1 is 1.64 bits per heavy atom. The van der Waals surface area contributed by atoms with Crippen molar-refractivity contribution in [3.63, 3.8) is 0 Å². The zero-order chi connectivity index (χ0) is 9.97. The van der Waals surface area contributed by atoms with Gasteiger partial charge in [-0.25, -0.2) is 4.98 Å². The average molecular weight is 211 g/mol. The summed E-state index contributed by atoms with van der Waals surface area (Å²) in [6.45, 7) is 3.01. The van der Waals surface area contributed by atoms with Crippen LogP contribution in [0.4, 0.5) is 5.95 Å². The number of nitrogens with two attached hydrogens (primary N) is 1. The second-order valence-corrected chi connectivity index (χ2v) is 5.29. The number of nitrogens with zero attached hydrogens (tertiary/aromatic N) is 2. The topological polar surface area (TPSA) is 43.8 Å². The fourth-order valence-corrected chi connectivity index (χ4v) is 3.19. The summed E-state index contributed by atoms with van der Waals surface area (Å²) in [5, 5.41) is 0.736. The number of hydrogen-bond acceptors (Lipinski definition) is 3. The molecule has 0 radical (unpaired) electrons. The van der Waals surface area contributed by atoms with Crippen molar-refractivity contribution in [2.75, 3.05) is 11.5 Å². The number of imidazole rings is 1. The molecule has 1 aliphatic heterocycles. The molecule has 4 heteroatoms. The smallest absolute Gasteiger partial charge is 0.200 e. The highest BCUT2D eigenvalue weighted by Gasteiger charge is 2.15. The van der Waals surface area contributed by atoms with E-state index in [9.17, 15) is 0 Å². The summed E-state index contributed by atoms with van der Waals surface area (Å²) >= 11 is 2.07. The van der Waals surface area contributed by atoms with Crippen LogP contribution in [-0.2, 0) is 6.54 Å². The van der Waals surface area contributed by atoms with Gasteiger partial charge in [-0.1, -0.05) is 6.42 Å². The van der Waals surface area contributed by atoms with Gasteiger partial charge in [-0.3, -0.25) is 0 Å². The maximum absolute atomic E-state index is 5.80. The molecule has 0 aromatic carbocycles. The molecular weight excluding hydrogens is 194 g/mol. The maximum atomic E-state index is 5.80. The van der Waals surface area contributed by atoms with Crippen LogP contribution >= 0.6 is 11.8 Å². The number of aromatic nitrogens is 2. The predicted octanol–water partition coefficient (Wildman–Crippen LogP) is 2.06. The van der Waals surface area contributed by atoms with Crippen LogP contribution < -0.4 is 5.73 Å². The third-order valence-electron chi connectivity index (χ3n) is 2.60. The predicted molar refractivity (Wildman–Crippen MR) is 61.5 cm³/mol. The van der Waals surface area contributed by atoms with Gasteiger partial charge in [0.2, 0.25) is 0 Å².